The lowest BCUT2D eigenvalue weighted by atomic mass is 9.78. The fraction of sp³-hybridized carbons (Fsp3) is 1.00. The molecule has 2 fully saturated rings. The van der Waals surface area contributed by atoms with Gasteiger partial charge in [0.25, 0.3) is 0 Å². The van der Waals surface area contributed by atoms with E-state index in [1.54, 1.807) is 0 Å². The highest BCUT2D eigenvalue weighted by Crippen LogP contribution is 2.31. The Labute approximate surface area is 125 Å². The number of nitrogens with one attached hydrogen (secondary N) is 1. The van der Waals surface area contributed by atoms with Crippen LogP contribution in [0.3, 0.4) is 0 Å². The monoisotopic (exact) mass is 282 g/mol. The second-order valence-electron chi connectivity index (χ2n) is 7.72. The molecule has 1 aliphatic heterocycles. The molecule has 3 nitrogen and oxygen atoms in total. The van der Waals surface area contributed by atoms with Gasteiger partial charge in [-0.15, -0.1) is 0 Å². The van der Waals surface area contributed by atoms with Crippen molar-refractivity contribution < 1.29 is 4.74 Å². The number of hydrogen-bond donors (Lipinski definition) is 1. The normalized spacial score (nSPS) is 38.9. The highest BCUT2D eigenvalue weighted by atomic mass is 16.5. The second kappa shape index (κ2) is 6.76. The molecule has 4 unspecified atom stereocenters. The zero-order chi connectivity index (χ0) is 14.8. The van der Waals surface area contributed by atoms with Gasteiger partial charge in [-0.05, 0) is 58.4 Å². The van der Waals surface area contributed by atoms with Gasteiger partial charge in [0.2, 0.25) is 0 Å². The molecule has 1 saturated carbocycles. The van der Waals surface area contributed by atoms with Crippen LogP contribution >= 0.6 is 0 Å². The Morgan fingerprint density at radius 1 is 1.25 bits per heavy atom. The van der Waals surface area contributed by atoms with Crippen molar-refractivity contribution in [1.29, 1.82) is 0 Å². The van der Waals surface area contributed by atoms with Gasteiger partial charge in [0, 0.05) is 25.7 Å². The fourth-order valence-electron chi connectivity index (χ4n) is 4.29. The minimum absolute atomic E-state index is 0.00559. The molecule has 0 aromatic rings. The average Bonchev–Trinajstić information content (AvgIpc) is 2.30. The molecule has 0 aromatic heterocycles. The van der Waals surface area contributed by atoms with Crippen LogP contribution in [0.4, 0.5) is 0 Å². The molecule has 2 aliphatic rings. The summed E-state index contributed by atoms with van der Waals surface area (Å²) in [6, 6.07) is 0.720. The van der Waals surface area contributed by atoms with E-state index < -0.39 is 0 Å². The first-order chi connectivity index (χ1) is 9.39. The molecule has 1 heterocycles. The highest BCUT2D eigenvalue weighted by Gasteiger charge is 2.35. The molecule has 1 aliphatic carbocycles. The number of rotatable bonds is 4. The van der Waals surface area contributed by atoms with Crippen LogP contribution in [0.1, 0.15) is 53.9 Å². The molecule has 0 spiro atoms. The topological polar surface area (TPSA) is 24.5 Å². The fourth-order valence-corrected chi connectivity index (χ4v) is 4.29. The predicted molar refractivity (Wildman–Crippen MR) is 85.0 cm³/mol. The molecule has 0 amide bonds. The van der Waals surface area contributed by atoms with Gasteiger partial charge in [-0.3, -0.25) is 4.90 Å². The summed E-state index contributed by atoms with van der Waals surface area (Å²) in [6.45, 7) is 15.8. The van der Waals surface area contributed by atoms with Gasteiger partial charge in [0.1, 0.15) is 0 Å². The Bertz CT molecular complexity index is 305. The summed E-state index contributed by atoms with van der Waals surface area (Å²) in [7, 11) is 0. The summed E-state index contributed by atoms with van der Waals surface area (Å²) in [6.07, 6.45) is 4.48. The molecule has 1 saturated heterocycles. The number of hydrogen-bond acceptors (Lipinski definition) is 3. The summed E-state index contributed by atoms with van der Waals surface area (Å²) in [5.41, 5.74) is 0.00559. The predicted octanol–water partition coefficient (Wildman–Crippen LogP) is 2.90. The molecule has 0 radical (unpaired) electrons. The third-order valence-electron chi connectivity index (χ3n) is 4.84. The van der Waals surface area contributed by atoms with Crippen LogP contribution in [0.5, 0.6) is 0 Å². The van der Waals surface area contributed by atoms with Gasteiger partial charge in [0.05, 0.1) is 11.7 Å². The van der Waals surface area contributed by atoms with E-state index in [1.165, 1.54) is 25.8 Å². The van der Waals surface area contributed by atoms with Gasteiger partial charge >= 0.3 is 0 Å². The highest BCUT2D eigenvalue weighted by molar-refractivity contribution is 4.89. The molecule has 4 atom stereocenters. The summed E-state index contributed by atoms with van der Waals surface area (Å²) in [5.74, 6) is 1.70. The maximum Gasteiger partial charge on any atom is 0.0757 e. The van der Waals surface area contributed by atoms with Gasteiger partial charge in [-0.1, -0.05) is 13.8 Å². The molecule has 3 heteroatoms. The first kappa shape index (κ1) is 16.3. The standard InChI is InChI=1S/C17H34N2O/c1-6-18-16-8-7-13(2)9-15(16)11-19-10-14(3)20-17(4,5)12-19/h13-16,18H,6-12H2,1-5H3. The summed E-state index contributed by atoms with van der Waals surface area (Å²) < 4.78 is 6.03. The van der Waals surface area contributed by atoms with Gasteiger partial charge in [-0.25, -0.2) is 0 Å². The van der Waals surface area contributed by atoms with Crippen molar-refractivity contribution in [1.82, 2.24) is 10.2 Å². The number of nitrogens with zero attached hydrogens (tertiary/aromatic N) is 1. The van der Waals surface area contributed by atoms with E-state index in [1.807, 2.05) is 0 Å². The molecule has 118 valence electrons. The van der Waals surface area contributed by atoms with Crippen molar-refractivity contribution in [3.8, 4) is 0 Å². The van der Waals surface area contributed by atoms with Gasteiger partial charge in [-0.2, -0.15) is 0 Å². The SMILES string of the molecule is CCNC1CCC(C)CC1CN1CC(C)OC(C)(C)C1. The zero-order valence-corrected chi connectivity index (χ0v) is 14.1. The maximum absolute atomic E-state index is 6.03. The van der Waals surface area contributed by atoms with E-state index in [9.17, 15) is 0 Å². The van der Waals surface area contributed by atoms with Crippen LogP contribution < -0.4 is 5.32 Å². The van der Waals surface area contributed by atoms with Gasteiger partial charge in [0.15, 0.2) is 0 Å². The first-order valence-corrected chi connectivity index (χ1v) is 8.53. The molecular weight excluding hydrogens is 248 g/mol. The molecule has 1 N–H and O–H groups in total. The first-order valence-electron chi connectivity index (χ1n) is 8.53. The van der Waals surface area contributed by atoms with Crippen molar-refractivity contribution in [2.75, 3.05) is 26.2 Å². The number of ether oxygens (including phenoxy) is 1. The smallest absolute Gasteiger partial charge is 0.0757 e. The number of morpholine rings is 1. The van der Waals surface area contributed by atoms with Crippen molar-refractivity contribution in [3.05, 3.63) is 0 Å². The van der Waals surface area contributed by atoms with Crippen LogP contribution in [0.15, 0.2) is 0 Å². The molecule has 2 rings (SSSR count). The molecular formula is C17H34N2O. The maximum atomic E-state index is 6.03. The van der Waals surface area contributed by atoms with Crippen LogP contribution in [0, 0.1) is 11.8 Å². The Morgan fingerprint density at radius 2 is 2.00 bits per heavy atom. The zero-order valence-electron chi connectivity index (χ0n) is 14.1. The lowest BCUT2D eigenvalue weighted by Crippen LogP contribution is -2.55. The average molecular weight is 282 g/mol. The van der Waals surface area contributed by atoms with E-state index in [2.05, 4.69) is 44.8 Å². The van der Waals surface area contributed by atoms with Crippen molar-refractivity contribution in [2.45, 2.75) is 71.6 Å². The van der Waals surface area contributed by atoms with E-state index in [0.29, 0.717) is 6.10 Å². The Kier molecular flexibility index (Phi) is 5.49. The minimum atomic E-state index is 0.00559. The van der Waals surface area contributed by atoms with E-state index >= 15 is 0 Å². The van der Waals surface area contributed by atoms with E-state index in [4.69, 9.17) is 4.74 Å². The summed E-state index contributed by atoms with van der Waals surface area (Å²) in [4.78, 5) is 2.64. The van der Waals surface area contributed by atoms with Crippen molar-refractivity contribution in [2.24, 2.45) is 11.8 Å². The third kappa shape index (κ3) is 4.44. The summed E-state index contributed by atoms with van der Waals surface area (Å²) in [5, 5.41) is 3.72. The van der Waals surface area contributed by atoms with E-state index in [0.717, 1.165) is 37.5 Å². The van der Waals surface area contributed by atoms with Crippen molar-refractivity contribution in [3.63, 3.8) is 0 Å². The Morgan fingerprint density at radius 3 is 2.65 bits per heavy atom. The molecule has 20 heavy (non-hydrogen) atoms. The Balaban J connectivity index is 1.95. The third-order valence-corrected chi connectivity index (χ3v) is 4.84. The van der Waals surface area contributed by atoms with Crippen molar-refractivity contribution >= 4 is 0 Å². The largest absolute Gasteiger partial charge is 0.370 e. The second-order valence-corrected chi connectivity index (χ2v) is 7.72. The lowest BCUT2D eigenvalue weighted by Gasteiger charge is -2.45. The lowest BCUT2D eigenvalue weighted by molar-refractivity contribution is -0.132. The quantitative estimate of drug-likeness (QED) is 0.858. The Hall–Kier alpha value is -0.120. The van der Waals surface area contributed by atoms with Gasteiger partial charge < -0.3 is 10.1 Å². The summed E-state index contributed by atoms with van der Waals surface area (Å²) >= 11 is 0. The van der Waals surface area contributed by atoms with E-state index in [-0.39, 0.29) is 5.60 Å². The minimum Gasteiger partial charge on any atom is -0.370 e. The van der Waals surface area contributed by atoms with Crippen LogP contribution in [-0.4, -0.2) is 48.8 Å². The van der Waals surface area contributed by atoms with Crippen LogP contribution in [0.2, 0.25) is 0 Å². The van der Waals surface area contributed by atoms with Crippen LogP contribution in [0.25, 0.3) is 0 Å². The molecule has 0 aromatic carbocycles. The van der Waals surface area contributed by atoms with Crippen LogP contribution in [-0.2, 0) is 4.74 Å². The molecule has 0 bridgehead atoms.